The summed E-state index contributed by atoms with van der Waals surface area (Å²) in [7, 11) is 0. The lowest BCUT2D eigenvalue weighted by Gasteiger charge is -2.36. The average molecular weight is 594 g/mol. The van der Waals surface area contributed by atoms with Gasteiger partial charge in [-0.1, -0.05) is 62.7 Å². The molecule has 1 aliphatic heterocycles. The van der Waals surface area contributed by atoms with Gasteiger partial charge in [0.1, 0.15) is 17.1 Å². The van der Waals surface area contributed by atoms with Crippen LogP contribution in [0.1, 0.15) is 42.3 Å². The number of anilines is 1. The summed E-state index contributed by atoms with van der Waals surface area (Å²) in [6.45, 7) is 11.0. The van der Waals surface area contributed by atoms with Crippen LogP contribution >= 0.6 is 11.6 Å². The van der Waals surface area contributed by atoms with Crippen LogP contribution in [0.4, 0.5) is 5.69 Å². The van der Waals surface area contributed by atoms with Crippen molar-refractivity contribution >= 4 is 34.2 Å². The number of fused-ring (bicyclic) bond motifs is 1. The quantitative estimate of drug-likeness (QED) is 0.198. The molecule has 0 spiro atoms. The number of nitrogens with zero attached hydrogens (tertiary/aromatic N) is 2. The molecule has 2 heterocycles. The van der Waals surface area contributed by atoms with E-state index in [0.29, 0.717) is 11.5 Å². The maximum atomic E-state index is 12.0. The first-order valence-corrected chi connectivity index (χ1v) is 15.0. The molecule has 0 atom stereocenters. The second-order valence-corrected chi connectivity index (χ2v) is 12.6. The lowest BCUT2D eigenvalue weighted by atomic mass is 9.84. The molecule has 2 N–H and O–H groups in total. The van der Waals surface area contributed by atoms with Crippen molar-refractivity contribution in [3.63, 3.8) is 0 Å². The maximum Gasteiger partial charge on any atom is 0.339 e. The summed E-state index contributed by atoms with van der Waals surface area (Å²) in [5.74, 6) is -0.0672. The largest absolute Gasteiger partial charge is 0.478 e. The summed E-state index contributed by atoms with van der Waals surface area (Å²) in [5.41, 5.74) is 7.18. The fourth-order valence-electron chi connectivity index (χ4n) is 5.67. The molecule has 6 nitrogen and oxygen atoms in total. The van der Waals surface area contributed by atoms with E-state index in [0.717, 1.165) is 54.3 Å². The van der Waals surface area contributed by atoms with Gasteiger partial charge in [0.05, 0.1) is 0 Å². The monoisotopic (exact) mass is 593 g/mol. The third-order valence-corrected chi connectivity index (χ3v) is 8.46. The number of nitrogens with one attached hydrogen (secondary N) is 1. The van der Waals surface area contributed by atoms with Gasteiger partial charge in [0.15, 0.2) is 0 Å². The smallest absolute Gasteiger partial charge is 0.339 e. The van der Waals surface area contributed by atoms with Crippen LogP contribution in [-0.4, -0.2) is 47.1 Å². The van der Waals surface area contributed by atoms with Gasteiger partial charge in [-0.25, -0.2) is 4.79 Å². The molecule has 6 rings (SSSR count). The van der Waals surface area contributed by atoms with Crippen LogP contribution in [0.15, 0.2) is 91.1 Å². The predicted octanol–water partition coefficient (Wildman–Crippen LogP) is 8.60. The summed E-state index contributed by atoms with van der Waals surface area (Å²) in [5, 5.41) is 11.6. The molecule has 1 aromatic heterocycles. The molecule has 0 amide bonds. The maximum absolute atomic E-state index is 12.0. The normalized spacial score (nSPS) is 14.3. The van der Waals surface area contributed by atoms with E-state index in [1.54, 1.807) is 6.07 Å². The zero-order chi connectivity index (χ0) is 30.1. The third kappa shape index (κ3) is 6.41. The SMILES string of the molecule is CC(C)(C)c1ccc(CN2CCN(c3ccc(C(=O)O)c(Oc4ccc5[nH]ccc5c4)c3)CC2)c(-c2ccc(Cl)cc2)c1. The highest BCUT2D eigenvalue weighted by atomic mass is 35.5. The summed E-state index contributed by atoms with van der Waals surface area (Å²) in [6.07, 6.45) is 1.87. The molecule has 1 aliphatic rings. The summed E-state index contributed by atoms with van der Waals surface area (Å²) in [6, 6.07) is 28.0. The van der Waals surface area contributed by atoms with Crippen molar-refractivity contribution in [2.45, 2.75) is 32.7 Å². The molecule has 0 bridgehead atoms. The zero-order valence-corrected chi connectivity index (χ0v) is 25.5. The lowest BCUT2D eigenvalue weighted by Crippen LogP contribution is -2.46. The van der Waals surface area contributed by atoms with E-state index in [9.17, 15) is 9.90 Å². The molecule has 5 aromatic rings. The van der Waals surface area contributed by atoms with Gasteiger partial charge in [-0.2, -0.15) is 0 Å². The highest BCUT2D eigenvalue weighted by Crippen LogP contribution is 2.34. The molecule has 4 aromatic carbocycles. The van der Waals surface area contributed by atoms with E-state index in [1.807, 2.05) is 54.7 Å². The van der Waals surface area contributed by atoms with E-state index in [-0.39, 0.29) is 11.0 Å². The second-order valence-electron chi connectivity index (χ2n) is 12.2. The van der Waals surface area contributed by atoms with Crippen LogP contribution < -0.4 is 9.64 Å². The summed E-state index contributed by atoms with van der Waals surface area (Å²) < 4.78 is 6.14. The van der Waals surface area contributed by atoms with Gasteiger partial charge in [0.25, 0.3) is 0 Å². The number of benzene rings is 4. The highest BCUT2D eigenvalue weighted by molar-refractivity contribution is 6.30. The van der Waals surface area contributed by atoms with Crippen LogP contribution in [-0.2, 0) is 12.0 Å². The minimum Gasteiger partial charge on any atom is -0.478 e. The molecule has 0 radical (unpaired) electrons. The Morgan fingerprint density at radius 2 is 1.67 bits per heavy atom. The lowest BCUT2D eigenvalue weighted by molar-refractivity contribution is 0.0694. The molecule has 1 saturated heterocycles. The van der Waals surface area contributed by atoms with E-state index >= 15 is 0 Å². The first kappa shape index (κ1) is 28.8. The number of carbonyl (C=O) groups is 1. The highest BCUT2D eigenvalue weighted by Gasteiger charge is 2.22. The number of hydrogen-bond donors (Lipinski definition) is 2. The number of hydrogen-bond acceptors (Lipinski definition) is 4. The Morgan fingerprint density at radius 3 is 2.40 bits per heavy atom. The molecular formula is C36H36ClN3O3. The molecule has 0 aliphatic carbocycles. The number of aromatic nitrogens is 1. The third-order valence-electron chi connectivity index (χ3n) is 8.21. The van der Waals surface area contributed by atoms with Crippen LogP contribution in [0.3, 0.4) is 0 Å². The number of aromatic carboxylic acids is 1. The first-order chi connectivity index (χ1) is 20.6. The van der Waals surface area contributed by atoms with Gasteiger partial charge >= 0.3 is 5.97 Å². The number of ether oxygens (including phenoxy) is 1. The van der Waals surface area contributed by atoms with E-state index in [1.165, 1.54) is 22.3 Å². The molecule has 220 valence electrons. The van der Waals surface area contributed by atoms with Crippen molar-refractivity contribution in [1.29, 1.82) is 0 Å². The van der Waals surface area contributed by atoms with Crippen molar-refractivity contribution in [2.24, 2.45) is 0 Å². The van der Waals surface area contributed by atoms with Crippen LogP contribution in [0.5, 0.6) is 11.5 Å². The molecule has 1 fully saturated rings. The molecule has 0 unspecified atom stereocenters. The minimum atomic E-state index is -1.01. The number of H-pyrrole nitrogens is 1. The van der Waals surface area contributed by atoms with Crippen molar-refractivity contribution in [2.75, 3.05) is 31.1 Å². The molecule has 0 saturated carbocycles. The summed E-state index contributed by atoms with van der Waals surface area (Å²) >= 11 is 6.20. The Bertz CT molecular complexity index is 1760. The van der Waals surface area contributed by atoms with Gasteiger partial charge in [0.2, 0.25) is 0 Å². The predicted molar refractivity (Wildman–Crippen MR) is 175 cm³/mol. The number of halogens is 1. The Kier molecular flexibility index (Phi) is 7.91. The Balaban J connectivity index is 1.18. The Morgan fingerprint density at radius 1 is 0.907 bits per heavy atom. The van der Waals surface area contributed by atoms with Crippen LogP contribution in [0, 0.1) is 0 Å². The minimum absolute atomic E-state index is 0.0544. The molecule has 7 heteroatoms. The number of rotatable bonds is 7. The van der Waals surface area contributed by atoms with Gasteiger partial charge in [-0.3, -0.25) is 4.90 Å². The van der Waals surface area contributed by atoms with E-state index in [2.05, 4.69) is 65.9 Å². The van der Waals surface area contributed by atoms with E-state index < -0.39 is 5.97 Å². The Labute approximate surface area is 257 Å². The van der Waals surface area contributed by atoms with Crippen molar-refractivity contribution < 1.29 is 14.6 Å². The Hall–Kier alpha value is -4.26. The van der Waals surface area contributed by atoms with Gasteiger partial charge in [-0.15, -0.1) is 0 Å². The number of aromatic amines is 1. The van der Waals surface area contributed by atoms with E-state index in [4.69, 9.17) is 16.3 Å². The zero-order valence-electron chi connectivity index (χ0n) is 24.7. The second kappa shape index (κ2) is 11.8. The standard InChI is InChI=1S/C36H36ClN3O3/c1-36(2,3)27-7-4-26(32(21-27)24-5-8-28(37)9-6-24)23-39-16-18-40(19-17-39)29-10-12-31(35(41)42)34(22-29)43-30-11-13-33-25(20-30)14-15-38-33/h4-15,20-22,38H,16-19,23H2,1-3H3,(H,41,42). The van der Waals surface area contributed by atoms with Crippen LogP contribution in [0.25, 0.3) is 22.0 Å². The number of piperazine rings is 1. The van der Waals surface area contributed by atoms with Crippen molar-refractivity contribution in [3.05, 3.63) is 113 Å². The van der Waals surface area contributed by atoms with Gasteiger partial charge in [0, 0.05) is 66.6 Å². The van der Waals surface area contributed by atoms with Crippen LogP contribution in [0.2, 0.25) is 5.02 Å². The fraction of sp³-hybridized carbons (Fsp3) is 0.250. The fourth-order valence-corrected chi connectivity index (χ4v) is 5.80. The molecular weight excluding hydrogens is 558 g/mol. The van der Waals surface area contributed by atoms with Gasteiger partial charge in [-0.05, 0) is 76.2 Å². The van der Waals surface area contributed by atoms with Gasteiger partial charge < -0.3 is 19.7 Å². The number of carboxylic acids is 1. The molecule has 43 heavy (non-hydrogen) atoms. The topological polar surface area (TPSA) is 68.8 Å². The summed E-state index contributed by atoms with van der Waals surface area (Å²) in [4.78, 5) is 19.9. The van der Waals surface area contributed by atoms with Crippen molar-refractivity contribution in [3.8, 4) is 22.6 Å². The average Bonchev–Trinajstić information content (AvgIpc) is 3.46. The number of carboxylic acid groups (broad SMARTS) is 1. The first-order valence-electron chi connectivity index (χ1n) is 14.6. The van der Waals surface area contributed by atoms with Crippen molar-refractivity contribution in [1.82, 2.24) is 9.88 Å².